The first-order valence-corrected chi connectivity index (χ1v) is 5.60. The number of nitrogen functional groups attached to an aromatic ring is 1. The lowest BCUT2D eigenvalue weighted by Gasteiger charge is -2.07. The maximum Gasteiger partial charge on any atom is 0.132 e. The molecule has 3 nitrogen and oxygen atoms in total. The summed E-state index contributed by atoms with van der Waals surface area (Å²) in [5, 5.41) is 12.1. The van der Waals surface area contributed by atoms with Crippen LogP contribution in [0, 0.1) is 6.07 Å². The lowest BCUT2D eigenvalue weighted by molar-refractivity contribution is 0.478. The number of aromatic hydroxyl groups is 1. The minimum absolute atomic E-state index is 0.218. The van der Waals surface area contributed by atoms with Crippen molar-refractivity contribution in [1.29, 1.82) is 0 Å². The summed E-state index contributed by atoms with van der Waals surface area (Å²) in [4.78, 5) is 3.90. The highest BCUT2D eigenvalue weighted by atomic mass is 16.3. The predicted molar refractivity (Wildman–Crippen MR) is 72.1 cm³/mol. The van der Waals surface area contributed by atoms with Crippen molar-refractivity contribution in [1.82, 2.24) is 4.98 Å². The molecule has 18 heavy (non-hydrogen) atoms. The SMILES string of the molecule is Nc1[c]c(-c2cc3ccccc3cc2O)ccn1. The van der Waals surface area contributed by atoms with Crippen molar-refractivity contribution in [2.45, 2.75) is 0 Å². The van der Waals surface area contributed by atoms with Gasteiger partial charge in [0.05, 0.1) is 0 Å². The van der Waals surface area contributed by atoms with Crippen molar-refractivity contribution in [3.05, 3.63) is 54.7 Å². The number of benzene rings is 2. The van der Waals surface area contributed by atoms with Gasteiger partial charge in [-0.1, -0.05) is 24.3 Å². The molecule has 1 heterocycles. The number of anilines is 1. The topological polar surface area (TPSA) is 59.1 Å². The fourth-order valence-electron chi connectivity index (χ4n) is 2.01. The number of fused-ring (bicyclic) bond motifs is 1. The maximum absolute atomic E-state index is 10.1. The fourth-order valence-corrected chi connectivity index (χ4v) is 2.01. The first kappa shape index (κ1) is 10.6. The minimum Gasteiger partial charge on any atom is -0.507 e. The molecule has 0 spiro atoms. The van der Waals surface area contributed by atoms with Gasteiger partial charge in [0.15, 0.2) is 0 Å². The number of pyridine rings is 1. The number of phenols is 1. The normalized spacial score (nSPS) is 10.7. The average Bonchev–Trinajstić information content (AvgIpc) is 2.38. The number of nitrogens with zero attached hydrogens (tertiary/aromatic N) is 1. The summed E-state index contributed by atoms with van der Waals surface area (Å²) in [6, 6.07) is 16.3. The second-order valence-corrected chi connectivity index (χ2v) is 4.09. The summed E-state index contributed by atoms with van der Waals surface area (Å²) in [6.07, 6.45) is 1.61. The van der Waals surface area contributed by atoms with Gasteiger partial charge in [0, 0.05) is 17.8 Å². The van der Waals surface area contributed by atoms with E-state index in [4.69, 9.17) is 5.73 Å². The van der Waals surface area contributed by atoms with Gasteiger partial charge in [-0.25, -0.2) is 4.98 Å². The van der Waals surface area contributed by atoms with Gasteiger partial charge >= 0.3 is 0 Å². The van der Waals surface area contributed by atoms with Gasteiger partial charge in [-0.3, -0.25) is 0 Å². The molecule has 0 amide bonds. The Kier molecular flexibility index (Phi) is 2.38. The maximum atomic E-state index is 10.1. The van der Waals surface area contributed by atoms with Gasteiger partial charge in [-0.15, -0.1) is 0 Å². The van der Waals surface area contributed by atoms with E-state index in [0.29, 0.717) is 11.4 Å². The van der Waals surface area contributed by atoms with Gasteiger partial charge in [0.25, 0.3) is 0 Å². The van der Waals surface area contributed by atoms with Crippen LogP contribution in [0.25, 0.3) is 21.9 Å². The second-order valence-electron chi connectivity index (χ2n) is 4.09. The van der Waals surface area contributed by atoms with Gasteiger partial charge in [0.1, 0.15) is 11.6 Å². The van der Waals surface area contributed by atoms with Crippen molar-refractivity contribution in [2.24, 2.45) is 0 Å². The van der Waals surface area contributed by atoms with E-state index in [0.717, 1.165) is 16.3 Å². The Bertz CT molecular complexity index is 723. The molecule has 3 rings (SSSR count). The lowest BCUT2D eigenvalue weighted by Crippen LogP contribution is -1.90. The van der Waals surface area contributed by atoms with Gasteiger partial charge in [0.2, 0.25) is 0 Å². The standard InChI is InChI=1S/C15H11N2O/c16-15-9-12(5-6-17-15)13-7-10-3-1-2-4-11(10)8-14(13)18/h1-8,18H,(H2,16,17). The Labute approximate surface area is 105 Å². The highest BCUT2D eigenvalue weighted by Crippen LogP contribution is 2.33. The molecule has 1 radical (unpaired) electrons. The van der Waals surface area contributed by atoms with Crippen molar-refractivity contribution < 1.29 is 5.11 Å². The summed E-state index contributed by atoms with van der Waals surface area (Å²) in [6.45, 7) is 0. The Balaban J connectivity index is 2.26. The number of nitrogens with two attached hydrogens (primary N) is 1. The smallest absolute Gasteiger partial charge is 0.132 e. The first-order valence-electron chi connectivity index (χ1n) is 5.60. The minimum atomic E-state index is 0.218. The summed E-state index contributed by atoms with van der Waals surface area (Å²) < 4.78 is 0. The number of aromatic nitrogens is 1. The Morgan fingerprint density at radius 1 is 1.06 bits per heavy atom. The molecule has 1 aromatic heterocycles. The van der Waals surface area contributed by atoms with Crippen LogP contribution in [-0.2, 0) is 0 Å². The number of phenolic OH excluding ortho intramolecular Hbond substituents is 1. The molecule has 0 aliphatic rings. The van der Waals surface area contributed by atoms with E-state index < -0.39 is 0 Å². The molecule has 0 saturated heterocycles. The van der Waals surface area contributed by atoms with Crippen LogP contribution >= 0.6 is 0 Å². The fraction of sp³-hybridized carbons (Fsp3) is 0. The van der Waals surface area contributed by atoms with E-state index in [9.17, 15) is 5.11 Å². The summed E-state index contributed by atoms with van der Waals surface area (Å²) in [5.41, 5.74) is 7.06. The van der Waals surface area contributed by atoms with E-state index in [-0.39, 0.29) is 5.75 Å². The van der Waals surface area contributed by atoms with Gasteiger partial charge in [-0.05, 0) is 34.5 Å². The predicted octanol–water partition coefficient (Wildman–Crippen LogP) is 2.99. The van der Waals surface area contributed by atoms with Crippen molar-refractivity contribution in [3.8, 4) is 16.9 Å². The van der Waals surface area contributed by atoms with Crippen LogP contribution in [0.15, 0.2) is 48.7 Å². The molecule has 0 bridgehead atoms. The molecule has 0 aliphatic carbocycles. The summed E-state index contributed by atoms with van der Waals surface area (Å²) in [5.74, 6) is 0.538. The molecule has 3 heteroatoms. The second kappa shape index (κ2) is 4.04. The first-order chi connectivity index (χ1) is 8.74. The van der Waals surface area contributed by atoms with E-state index >= 15 is 0 Å². The Morgan fingerprint density at radius 2 is 1.78 bits per heavy atom. The summed E-state index contributed by atoms with van der Waals surface area (Å²) in [7, 11) is 0. The van der Waals surface area contributed by atoms with E-state index in [2.05, 4.69) is 11.1 Å². The van der Waals surface area contributed by atoms with Crippen LogP contribution in [-0.4, -0.2) is 10.1 Å². The average molecular weight is 235 g/mol. The van der Waals surface area contributed by atoms with Crippen molar-refractivity contribution in [3.63, 3.8) is 0 Å². The molecule has 0 fully saturated rings. The van der Waals surface area contributed by atoms with Gasteiger partial charge in [-0.2, -0.15) is 0 Å². The number of hydrogen-bond donors (Lipinski definition) is 2. The molecular weight excluding hydrogens is 224 g/mol. The zero-order valence-corrected chi connectivity index (χ0v) is 9.59. The number of rotatable bonds is 1. The largest absolute Gasteiger partial charge is 0.507 e. The molecule has 3 N–H and O–H groups in total. The zero-order valence-electron chi connectivity index (χ0n) is 9.59. The summed E-state index contributed by atoms with van der Waals surface area (Å²) >= 11 is 0. The van der Waals surface area contributed by atoms with Gasteiger partial charge < -0.3 is 10.8 Å². The molecule has 87 valence electrons. The van der Waals surface area contributed by atoms with Crippen molar-refractivity contribution in [2.75, 3.05) is 5.73 Å². The third-order valence-corrected chi connectivity index (χ3v) is 2.87. The molecule has 2 aromatic carbocycles. The third-order valence-electron chi connectivity index (χ3n) is 2.87. The Morgan fingerprint density at radius 3 is 2.50 bits per heavy atom. The molecule has 0 aliphatic heterocycles. The molecular formula is C15H11N2O. The van der Waals surface area contributed by atoms with Crippen LogP contribution in [0.5, 0.6) is 5.75 Å². The molecule has 3 aromatic rings. The monoisotopic (exact) mass is 235 g/mol. The third kappa shape index (κ3) is 1.76. The van der Waals surface area contributed by atoms with Crippen LogP contribution in [0.2, 0.25) is 0 Å². The van der Waals surface area contributed by atoms with Crippen LogP contribution in [0.3, 0.4) is 0 Å². The highest BCUT2D eigenvalue weighted by Gasteiger charge is 2.07. The van der Waals surface area contributed by atoms with E-state index in [1.54, 1.807) is 18.3 Å². The highest BCUT2D eigenvalue weighted by molar-refractivity contribution is 5.90. The quantitative estimate of drug-likeness (QED) is 0.681. The van der Waals surface area contributed by atoms with E-state index in [1.807, 2.05) is 30.3 Å². The Hall–Kier alpha value is -2.55. The molecule has 0 saturated carbocycles. The number of hydrogen-bond acceptors (Lipinski definition) is 3. The lowest BCUT2D eigenvalue weighted by atomic mass is 10.0. The molecule has 0 unspecified atom stereocenters. The van der Waals surface area contributed by atoms with Crippen LogP contribution in [0.4, 0.5) is 5.82 Å². The zero-order chi connectivity index (χ0) is 12.5. The molecule has 0 atom stereocenters. The van der Waals surface area contributed by atoms with Crippen molar-refractivity contribution >= 4 is 16.6 Å². The van der Waals surface area contributed by atoms with Crippen LogP contribution < -0.4 is 5.73 Å². The van der Waals surface area contributed by atoms with Crippen LogP contribution in [0.1, 0.15) is 0 Å². The van der Waals surface area contributed by atoms with E-state index in [1.165, 1.54) is 0 Å².